The molecule has 1 atom stereocenters. The molecule has 39 heavy (non-hydrogen) atoms. The molecular weight excluding hydrogens is 627 g/mol. The van der Waals surface area contributed by atoms with Crippen molar-refractivity contribution in [3.05, 3.63) is 63.8 Å². The van der Waals surface area contributed by atoms with E-state index in [9.17, 15) is 53.1 Å². The number of benzene rings is 2. The Bertz CT molecular complexity index is 1470. The number of pyridine rings is 1. The first-order valence-corrected chi connectivity index (χ1v) is 10.7. The second kappa shape index (κ2) is 10.1. The van der Waals surface area contributed by atoms with E-state index in [1.165, 1.54) is 24.3 Å². The maximum absolute atomic E-state index is 14.9. The molecule has 1 N–H and O–H groups in total. The minimum absolute atomic E-state index is 0.0383. The largest absolute Gasteiger partial charge is 0.457 e. The Balaban J connectivity index is 2.13. The molecule has 0 aliphatic heterocycles. The highest BCUT2D eigenvalue weighted by molar-refractivity contribution is 9.10. The zero-order valence-electron chi connectivity index (χ0n) is 18.4. The number of anilines is 1. The molecule has 1 unspecified atom stereocenters. The van der Waals surface area contributed by atoms with Crippen molar-refractivity contribution < 1.29 is 57.8 Å². The van der Waals surface area contributed by atoms with Gasteiger partial charge in [-0.15, -0.1) is 0 Å². The van der Waals surface area contributed by atoms with E-state index < -0.39 is 64.0 Å². The predicted molar refractivity (Wildman–Crippen MR) is 115 cm³/mol. The minimum Gasteiger partial charge on any atom is -0.433 e. The maximum atomic E-state index is 14.9. The molecule has 0 saturated carbocycles. The summed E-state index contributed by atoms with van der Waals surface area (Å²) in [6, 6.07) is 7.46. The van der Waals surface area contributed by atoms with Crippen molar-refractivity contribution in [1.29, 1.82) is 5.26 Å². The molecule has 0 aliphatic carbocycles. The second-order valence-electron chi connectivity index (χ2n) is 7.61. The van der Waals surface area contributed by atoms with Crippen LogP contribution in [-0.4, -0.2) is 35.8 Å². The lowest BCUT2D eigenvalue weighted by Gasteiger charge is -2.36. The summed E-state index contributed by atoms with van der Waals surface area (Å²) >= 11 is 2.48. The Morgan fingerprint density at radius 3 is 2.13 bits per heavy atom. The van der Waals surface area contributed by atoms with Gasteiger partial charge >= 0.3 is 30.6 Å². The Morgan fingerprint density at radius 2 is 1.59 bits per heavy atom. The third-order valence-electron chi connectivity index (χ3n) is 5.15. The van der Waals surface area contributed by atoms with Crippen LogP contribution in [0.2, 0.25) is 0 Å². The number of nitriles is 1. The Hall–Kier alpha value is -3.68. The molecule has 1 heterocycles. The molecule has 17 heteroatoms. The number of fused-ring (bicyclic) bond motifs is 1. The molecule has 208 valence electrons. The van der Waals surface area contributed by atoms with Crippen molar-refractivity contribution in [1.82, 2.24) is 4.98 Å². The van der Waals surface area contributed by atoms with Crippen LogP contribution < -0.4 is 10.1 Å². The molecule has 1 amide bonds. The van der Waals surface area contributed by atoms with Crippen LogP contribution in [0.3, 0.4) is 0 Å². The quantitative estimate of drug-likeness (QED) is 0.282. The van der Waals surface area contributed by atoms with E-state index in [0.717, 1.165) is 6.07 Å². The van der Waals surface area contributed by atoms with Gasteiger partial charge in [-0.2, -0.15) is 49.2 Å². The van der Waals surface area contributed by atoms with E-state index in [0.29, 0.717) is 5.39 Å². The Kier molecular flexibility index (Phi) is 7.76. The van der Waals surface area contributed by atoms with Crippen molar-refractivity contribution in [2.24, 2.45) is 0 Å². The summed E-state index contributed by atoms with van der Waals surface area (Å²) in [6.45, 7) is -3.90. The van der Waals surface area contributed by atoms with E-state index in [1.54, 1.807) is 6.07 Å². The third kappa shape index (κ3) is 5.42. The second-order valence-corrected chi connectivity index (χ2v) is 8.46. The summed E-state index contributed by atoms with van der Waals surface area (Å²) in [5, 5.41) is 11.1. The van der Waals surface area contributed by atoms with E-state index in [2.05, 4.69) is 25.7 Å². The summed E-state index contributed by atoms with van der Waals surface area (Å²) in [5.74, 6) is -9.78. The number of halogens is 12. The summed E-state index contributed by atoms with van der Waals surface area (Å²) in [4.78, 5) is 16.7. The van der Waals surface area contributed by atoms with Crippen LogP contribution in [0.5, 0.6) is 5.75 Å². The van der Waals surface area contributed by atoms with E-state index in [-0.39, 0.29) is 22.8 Å². The van der Waals surface area contributed by atoms with Gasteiger partial charge in [-0.05, 0) is 58.4 Å². The van der Waals surface area contributed by atoms with Gasteiger partial charge in [0.15, 0.2) is 5.75 Å². The molecule has 3 aromatic rings. The summed E-state index contributed by atoms with van der Waals surface area (Å²) in [7, 11) is 0. The van der Waals surface area contributed by atoms with Crippen LogP contribution in [0, 0.1) is 11.3 Å². The van der Waals surface area contributed by atoms with E-state index >= 15 is 0 Å². The molecule has 0 radical (unpaired) electrons. The van der Waals surface area contributed by atoms with Crippen LogP contribution in [0.1, 0.15) is 21.6 Å². The standard InChI is InChI=1S/C22H9BrF11N3O2/c23-13-6-11(19(26,21(29,30)31)20(27,28)22(32,33)34)7-15(39-18(24)25)16(13)37-17(38)10-2-4-14-9(5-10)1-3-12(8-35)36-14/h1-7,18H,(H,37,38). The van der Waals surface area contributed by atoms with Crippen molar-refractivity contribution >= 4 is 38.4 Å². The lowest BCUT2D eigenvalue weighted by molar-refractivity contribution is -0.389. The molecule has 0 bridgehead atoms. The first-order chi connectivity index (χ1) is 17.8. The predicted octanol–water partition coefficient (Wildman–Crippen LogP) is 7.65. The lowest BCUT2D eigenvalue weighted by atomic mass is 9.87. The van der Waals surface area contributed by atoms with Gasteiger partial charge in [0.2, 0.25) is 0 Å². The highest BCUT2D eigenvalue weighted by Gasteiger charge is 2.81. The number of hydrogen-bond acceptors (Lipinski definition) is 4. The minimum atomic E-state index is -7.07. The maximum Gasteiger partial charge on any atom is 0.457 e. The summed E-state index contributed by atoms with van der Waals surface area (Å²) in [5.41, 5.74) is -9.75. The number of carbonyl (C=O) groups excluding carboxylic acids is 1. The van der Waals surface area contributed by atoms with E-state index in [1.807, 2.05) is 5.32 Å². The summed E-state index contributed by atoms with van der Waals surface area (Å²) in [6.07, 6.45) is -14.0. The van der Waals surface area contributed by atoms with Crippen molar-refractivity contribution in [2.45, 2.75) is 30.6 Å². The molecule has 2 aromatic carbocycles. The molecule has 0 aliphatic rings. The average Bonchev–Trinajstić information content (AvgIpc) is 2.82. The molecular formula is C22H9BrF11N3O2. The average molecular weight is 636 g/mol. The number of rotatable bonds is 6. The first-order valence-electron chi connectivity index (χ1n) is 9.94. The van der Waals surface area contributed by atoms with Gasteiger partial charge in [-0.1, -0.05) is 0 Å². The Morgan fingerprint density at radius 1 is 0.949 bits per heavy atom. The van der Waals surface area contributed by atoms with Gasteiger partial charge < -0.3 is 10.1 Å². The van der Waals surface area contributed by atoms with Gasteiger partial charge in [-0.3, -0.25) is 4.79 Å². The molecule has 3 rings (SSSR count). The van der Waals surface area contributed by atoms with Gasteiger partial charge in [0.25, 0.3) is 5.91 Å². The molecule has 0 saturated heterocycles. The molecule has 5 nitrogen and oxygen atoms in total. The van der Waals surface area contributed by atoms with Gasteiger partial charge in [-0.25, -0.2) is 9.37 Å². The van der Waals surface area contributed by atoms with Crippen molar-refractivity contribution in [2.75, 3.05) is 5.32 Å². The number of carbonyl (C=O) groups is 1. The number of aromatic nitrogens is 1. The highest BCUT2D eigenvalue weighted by atomic mass is 79.9. The van der Waals surface area contributed by atoms with Crippen LogP contribution in [0.15, 0.2) is 46.9 Å². The number of hydrogen-bond donors (Lipinski definition) is 1. The molecule has 1 aromatic heterocycles. The van der Waals surface area contributed by atoms with Crippen LogP contribution in [-0.2, 0) is 5.67 Å². The van der Waals surface area contributed by atoms with Crippen LogP contribution in [0.4, 0.5) is 54.0 Å². The van der Waals surface area contributed by atoms with Crippen LogP contribution in [0.25, 0.3) is 10.9 Å². The van der Waals surface area contributed by atoms with Crippen molar-refractivity contribution in [3.63, 3.8) is 0 Å². The fourth-order valence-corrected chi connectivity index (χ4v) is 3.86. The monoisotopic (exact) mass is 635 g/mol. The SMILES string of the molecule is N#Cc1ccc2cc(C(=O)Nc3c(Br)cc(C(F)(C(F)(F)F)C(F)(F)C(F)(F)F)cc3OC(F)F)ccc2n1. The van der Waals surface area contributed by atoms with Gasteiger partial charge in [0.05, 0.1) is 11.2 Å². The fourth-order valence-electron chi connectivity index (χ4n) is 3.32. The number of amides is 1. The number of nitrogens with one attached hydrogen (secondary N) is 1. The normalized spacial score (nSPS) is 14.2. The summed E-state index contributed by atoms with van der Waals surface area (Å²) < 4.78 is 150. The smallest absolute Gasteiger partial charge is 0.433 e. The van der Waals surface area contributed by atoms with Gasteiger partial charge in [0.1, 0.15) is 11.8 Å². The topological polar surface area (TPSA) is 75.0 Å². The van der Waals surface area contributed by atoms with Gasteiger partial charge in [0, 0.05) is 21.0 Å². The van der Waals surface area contributed by atoms with E-state index in [4.69, 9.17) is 5.26 Å². The third-order valence-corrected chi connectivity index (χ3v) is 5.78. The number of nitrogens with zero attached hydrogens (tertiary/aromatic N) is 2. The molecule has 0 fully saturated rings. The number of ether oxygens (including phenoxy) is 1. The Labute approximate surface area is 218 Å². The molecule has 0 spiro atoms. The first kappa shape index (κ1) is 29.9. The highest BCUT2D eigenvalue weighted by Crippen LogP contribution is 2.59. The number of alkyl halides is 11. The zero-order chi connectivity index (χ0) is 29.6. The fraction of sp³-hybridized carbons (Fsp3) is 0.227. The zero-order valence-corrected chi connectivity index (χ0v) is 20.0. The lowest BCUT2D eigenvalue weighted by Crippen LogP contribution is -2.59. The van der Waals surface area contributed by atoms with Crippen molar-refractivity contribution in [3.8, 4) is 11.8 Å². The van der Waals surface area contributed by atoms with Crippen LogP contribution >= 0.6 is 15.9 Å².